The first-order chi connectivity index (χ1) is 10.4. The highest BCUT2D eigenvalue weighted by molar-refractivity contribution is 5.95. The molecule has 0 spiro atoms. The van der Waals surface area contributed by atoms with E-state index in [0.717, 1.165) is 25.2 Å². The van der Waals surface area contributed by atoms with E-state index in [0.29, 0.717) is 17.9 Å². The van der Waals surface area contributed by atoms with Crippen LogP contribution in [0.5, 0.6) is 0 Å². The molecule has 0 unspecified atom stereocenters. The second-order valence-corrected chi connectivity index (χ2v) is 6.67. The van der Waals surface area contributed by atoms with E-state index in [1.807, 2.05) is 13.8 Å². The minimum atomic E-state index is -0.0677. The Balaban J connectivity index is 2.00. The van der Waals surface area contributed by atoms with E-state index in [1.165, 1.54) is 19.3 Å². The third-order valence-corrected chi connectivity index (χ3v) is 4.46. The van der Waals surface area contributed by atoms with Gasteiger partial charge in [-0.3, -0.25) is 9.69 Å². The van der Waals surface area contributed by atoms with Gasteiger partial charge in [0, 0.05) is 18.3 Å². The number of piperidine rings is 1. The summed E-state index contributed by atoms with van der Waals surface area (Å²) in [6.07, 6.45) is 6.21. The van der Waals surface area contributed by atoms with Crippen LogP contribution >= 0.6 is 0 Å². The molecule has 1 aliphatic heterocycles. The van der Waals surface area contributed by atoms with Gasteiger partial charge in [0.05, 0.1) is 11.3 Å². The number of amides is 1. The van der Waals surface area contributed by atoms with Crippen LogP contribution in [0.25, 0.3) is 0 Å². The van der Waals surface area contributed by atoms with Crippen molar-refractivity contribution in [1.82, 2.24) is 20.2 Å². The van der Waals surface area contributed by atoms with Gasteiger partial charge in [0.15, 0.2) is 0 Å². The highest BCUT2D eigenvalue weighted by atomic mass is 16.1. The molecule has 1 saturated heterocycles. The standard InChI is InChI=1S/C17H28N4O/c1-5-15-14(11-18-13(2)20-15)16(22)19-12-17(3,4)21-9-7-6-8-10-21/h11H,5-10,12H2,1-4H3,(H,19,22). The zero-order chi connectivity index (χ0) is 16.2. The van der Waals surface area contributed by atoms with Crippen LogP contribution in [-0.2, 0) is 6.42 Å². The summed E-state index contributed by atoms with van der Waals surface area (Å²) in [6, 6.07) is 0. The molecule has 1 aromatic rings. The summed E-state index contributed by atoms with van der Waals surface area (Å²) in [5.41, 5.74) is 1.40. The Labute approximate surface area is 133 Å². The van der Waals surface area contributed by atoms with Crippen molar-refractivity contribution in [3.8, 4) is 0 Å². The van der Waals surface area contributed by atoms with Gasteiger partial charge in [0.1, 0.15) is 5.82 Å². The molecule has 1 aliphatic rings. The van der Waals surface area contributed by atoms with Gasteiger partial charge in [-0.2, -0.15) is 0 Å². The second-order valence-electron chi connectivity index (χ2n) is 6.67. The van der Waals surface area contributed by atoms with E-state index in [2.05, 4.69) is 34.0 Å². The van der Waals surface area contributed by atoms with Crippen LogP contribution in [0.2, 0.25) is 0 Å². The lowest BCUT2D eigenvalue weighted by Crippen LogP contribution is -2.53. The van der Waals surface area contributed by atoms with Crippen molar-refractivity contribution in [2.75, 3.05) is 19.6 Å². The normalized spacial score (nSPS) is 16.5. The van der Waals surface area contributed by atoms with E-state index >= 15 is 0 Å². The molecule has 22 heavy (non-hydrogen) atoms. The molecule has 0 atom stereocenters. The van der Waals surface area contributed by atoms with Crippen molar-refractivity contribution in [1.29, 1.82) is 0 Å². The monoisotopic (exact) mass is 304 g/mol. The summed E-state index contributed by atoms with van der Waals surface area (Å²) in [5.74, 6) is 0.643. The van der Waals surface area contributed by atoms with Crippen LogP contribution in [0, 0.1) is 6.92 Å². The SMILES string of the molecule is CCc1nc(C)ncc1C(=O)NCC(C)(C)N1CCCCC1. The van der Waals surface area contributed by atoms with Gasteiger partial charge in [0.25, 0.3) is 5.91 Å². The van der Waals surface area contributed by atoms with Crippen molar-refractivity contribution in [2.45, 2.75) is 58.9 Å². The Morgan fingerprint density at radius 2 is 2.00 bits per heavy atom. The summed E-state index contributed by atoms with van der Waals surface area (Å²) >= 11 is 0. The smallest absolute Gasteiger partial charge is 0.254 e. The summed E-state index contributed by atoms with van der Waals surface area (Å²) in [5, 5.41) is 3.07. The summed E-state index contributed by atoms with van der Waals surface area (Å²) < 4.78 is 0. The molecule has 122 valence electrons. The number of hydrogen-bond acceptors (Lipinski definition) is 4. The Kier molecular flexibility index (Phi) is 5.51. The predicted molar refractivity (Wildman–Crippen MR) is 88.0 cm³/mol. The van der Waals surface area contributed by atoms with Gasteiger partial charge < -0.3 is 5.32 Å². The van der Waals surface area contributed by atoms with Crippen LogP contribution in [0.3, 0.4) is 0 Å². The number of nitrogens with zero attached hydrogens (tertiary/aromatic N) is 3. The molecule has 1 N–H and O–H groups in total. The number of likely N-dealkylation sites (tertiary alicyclic amines) is 1. The van der Waals surface area contributed by atoms with Gasteiger partial charge in [-0.25, -0.2) is 9.97 Å². The molecule has 2 heterocycles. The van der Waals surface area contributed by atoms with Crippen molar-refractivity contribution in [3.63, 3.8) is 0 Å². The molecule has 0 aromatic carbocycles. The Morgan fingerprint density at radius 3 is 2.64 bits per heavy atom. The zero-order valence-corrected chi connectivity index (χ0v) is 14.3. The lowest BCUT2D eigenvalue weighted by Gasteiger charge is -2.41. The molecular formula is C17H28N4O. The number of carbonyl (C=O) groups is 1. The minimum Gasteiger partial charge on any atom is -0.350 e. The molecule has 1 aromatic heterocycles. The summed E-state index contributed by atoms with van der Waals surface area (Å²) in [7, 11) is 0. The topological polar surface area (TPSA) is 58.1 Å². The van der Waals surface area contributed by atoms with Gasteiger partial charge in [-0.1, -0.05) is 13.3 Å². The van der Waals surface area contributed by atoms with E-state index in [1.54, 1.807) is 6.20 Å². The van der Waals surface area contributed by atoms with Crippen molar-refractivity contribution >= 4 is 5.91 Å². The lowest BCUT2D eigenvalue weighted by molar-refractivity contribution is 0.0796. The third-order valence-electron chi connectivity index (χ3n) is 4.46. The lowest BCUT2D eigenvalue weighted by atomic mass is 9.98. The highest BCUT2D eigenvalue weighted by Gasteiger charge is 2.28. The molecule has 0 saturated carbocycles. The fourth-order valence-corrected chi connectivity index (χ4v) is 2.98. The van der Waals surface area contributed by atoms with Gasteiger partial charge in [0.2, 0.25) is 0 Å². The maximum absolute atomic E-state index is 12.5. The first-order valence-electron chi connectivity index (χ1n) is 8.30. The molecule has 1 fully saturated rings. The van der Waals surface area contributed by atoms with E-state index in [4.69, 9.17) is 0 Å². The number of nitrogens with one attached hydrogen (secondary N) is 1. The number of rotatable bonds is 5. The van der Waals surface area contributed by atoms with Crippen LogP contribution in [0.15, 0.2) is 6.20 Å². The third kappa shape index (κ3) is 4.03. The fourth-order valence-electron chi connectivity index (χ4n) is 2.98. The Bertz CT molecular complexity index is 521. The molecule has 5 nitrogen and oxygen atoms in total. The minimum absolute atomic E-state index is 0.0198. The van der Waals surface area contributed by atoms with Gasteiger partial charge >= 0.3 is 0 Å². The number of hydrogen-bond donors (Lipinski definition) is 1. The molecule has 0 radical (unpaired) electrons. The first-order valence-corrected chi connectivity index (χ1v) is 8.30. The quantitative estimate of drug-likeness (QED) is 0.907. The average molecular weight is 304 g/mol. The van der Waals surface area contributed by atoms with E-state index in [-0.39, 0.29) is 11.4 Å². The largest absolute Gasteiger partial charge is 0.350 e. The number of aryl methyl sites for hydroxylation is 2. The zero-order valence-electron chi connectivity index (χ0n) is 14.3. The van der Waals surface area contributed by atoms with Crippen molar-refractivity contribution in [3.05, 3.63) is 23.3 Å². The van der Waals surface area contributed by atoms with Gasteiger partial charge in [-0.15, -0.1) is 0 Å². The second kappa shape index (κ2) is 7.18. The average Bonchev–Trinajstić information content (AvgIpc) is 2.53. The maximum Gasteiger partial charge on any atom is 0.254 e. The Hall–Kier alpha value is -1.49. The summed E-state index contributed by atoms with van der Waals surface area (Å²) in [4.78, 5) is 23.5. The van der Waals surface area contributed by atoms with E-state index < -0.39 is 0 Å². The van der Waals surface area contributed by atoms with Crippen LogP contribution in [0.4, 0.5) is 0 Å². The highest BCUT2D eigenvalue weighted by Crippen LogP contribution is 2.20. The fraction of sp³-hybridized carbons (Fsp3) is 0.706. The number of carbonyl (C=O) groups excluding carboxylic acids is 1. The van der Waals surface area contributed by atoms with Gasteiger partial charge in [-0.05, 0) is 53.1 Å². The predicted octanol–water partition coefficient (Wildman–Crippen LogP) is 2.34. The molecule has 0 aliphatic carbocycles. The van der Waals surface area contributed by atoms with Crippen molar-refractivity contribution < 1.29 is 4.79 Å². The molecular weight excluding hydrogens is 276 g/mol. The van der Waals surface area contributed by atoms with Crippen molar-refractivity contribution in [2.24, 2.45) is 0 Å². The molecule has 0 bridgehead atoms. The Morgan fingerprint density at radius 1 is 1.32 bits per heavy atom. The van der Waals surface area contributed by atoms with Crippen LogP contribution < -0.4 is 5.32 Å². The molecule has 2 rings (SSSR count). The van der Waals surface area contributed by atoms with E-state index in [9.17, 15) is 4.79 Å². The van der Waals surface area contributed by atoms with Crippen LogP contribution in [0.1, 0.15) is 61.9 Å². The number of aromatic nitrogens is 2. The molecule has 1 amide bonds. The maximum atomic E-state index is 12.5. The summed E-state index contributed by atoms with van der Waals surface area (Å²) in [6.45, 7) is 11.1. The van der Waals surface area contributed by atoms with Crippen LogP contribution in [-0.4, -0.2) is 45.9 Å². The first kappa shape index (κ1) is 16.9. The molecule has 5 heteroatoms.